The first kappa shape index (κ1) is 23.8. The van der Waals surface area contributed by atoms with Gasteiger partial charge in [-0.15, -0.1) is 0 Å². The molecule has 0 saturated heterocycles. The van der Waals surface area contributed by atoms with Crippen LogP contribution in [-0.4, -0.2) is 59.8 Å². The summed E-state index contributed by atoms with van der Waals surface area (Å²) >= 11 is 0. The molecule has 0 fully saturated rings. The number of nitrogens with zero attached hydrogens (tertiary/aromatic N) is 3. The average Bonchev–Trinajstić information content (AvgIpc) is 3.10. The van der Waals surface area contributed by atoms with Crippen molar-refractivity contribution in [2.24, 2.45) is 7.05 Å². The predicted molar refractivity (Wildman–Crippen MR) is 125 cm³/mol. The van der Waals surface area contributed by atoms with Crippen molar-refractivity contribution in [2.45, 2.75) is 26.0 Å². The van der Waals surface area contributed by atoms with E-state index >= 15 is 0 Å². The Morgan fingerprint density at radius 1 is 1.03 bits per heavy atom. The largest absolute Gasteiger partial charge is 0.497 e. The fourth-order valence-corrected chi connectivity index (χ4v) is 3.72. The van der Waals surface area contributed by atoms with Gasteiger partial charge in [0.2, 0.25) is 5.88 Å². The van der Waals surface area contributed by atoms with Gasteiger partial charge >= 0.3 is 0 Å². The Labute approximate surface area is 190 Å². The van der Waals surface area contributed by atoms with E-state index in [4.69, 9.17) is 19.3 Å². The summed E-state index contributed by atoms with van der Waals surface area (Å²) in [4.78, 5) is 2.22. The first-order valence-electron chi connectivity index (χ1n) is 10.9. The highest BCUT2D eigenvalue weighted by molar-refractivity contribution is 5.65. The third-order valence-electron chi connectivity index (χ3n) is 5.16. The topological polar surface area (TPSA) is 69.0 Å². The maximum Gasteiger partial charge on any atom is 0.222 e. The summed E-state index contributed by atoms with van der Waals surface area (Å²) in [5.41, 5.74) is 2.88. The Morgan fingerprint density at radius 2 is 1.72 bits per heavy atom. The monoisotopic (exact) mass is 439 g/mol. The van der Waals surface area contributed by atoms with Crippen LogP contribution in [0.1, 0.15) is 18.9 Å². The molecule has 3 aromatic rings. The number of methoxy groups -OCH3 is 2. The van der Waals surface area contributed by atoms with Crippen molar-refractivity contribution >= 4 is 0 Å². The summed E-state index contributed by atoms with van der Waals surface area (Å²) < 4.78 is 18.5. The molecule has 2 aromatic carbocycles. The number of aliphatic hydroxyl groups is 1. The zero-order chi connectivity index (χ0) is 22.9. The van der Waals surface area contributed by atoms with Gasteiger partial charge in [0.1, 0.15) is 17.2 Å². The van der Waals surface area contributed by atoms with Crippen LogP contribution < -0.4 is 9.47 Å². The fraction of sp³-hybridized carbons (Fsp3) is 0.400. The summed E-state index contributed by atoms with van der Waals surface area (Å²) in [5.74, 6) is 2.15. The first-order valence-corrected chi connectivity index (χ1v) is 10.9. The van der Waals surface area contributed by atoms with Crippen LogP contribution in [0.3, 0.4) is 0 Å². The van der Waals surface area contributed by atoms with Crippen LogP contribution in [0.5, 0.6) is 17.4 Å². The maximum atomic E-state index is 10.3. The van der Waals surface area contributed by atoms with Crippen molar-refractivity contribution in [3.05, 3.63) is 60.2 Å². The number of hydrogen-bond donors (Lipinski definition) is 1. The van der Waals surface area contributed by atoms with Crippen molar-refractivity contribution < 1.29 is 19.3 Å². The van der Waals surface area contributed by atoms with Gasteiger partial charge in [-0.2, -0.15) is 5.10 Å². The molecule has 0 spiro atoms. The number of aliphatic hydroxyl groups excluding tert-OH is 1. The minimum atomic E-state index is -0.561. The van der Waals surface area contributed by atoms with Crippen molar-refractivity contribution in [3.63, 3.8) is 0 Å². The van der Waals surface area contributed by atoms with Crippen LogP contribution in [0.25, 0.3) is 11.3 Å². The molecule has 0 amide bonds. The Kier molecular flexibility index (Phi) is 8.67. The van der Waals surface area contributed by atoms with E-state index in [0.717, 1.165) is 35.5 Å². The molecule has 172 valence electrons. The molecule has 0 aliphatic rings. The van der Waals surface area contributed by atoms with E-state index in [2.05, 4.69) is 11.8 Å². The second kappa shape index (κ2) is 11.7. The standard InChI is InChI=1S/C25H33N3O4/c1-5-15-28(16-20(29)18-30-3)17-23-24(19-9-7-6-8-10-19)26-27(2)25(23)32-22-13-11-21(31-4)12-14-22/h6-14,20,29H,5,15-18H2,1-4H3/t20-/m1/s1. The third-order valence-corrected chi connectivity index (χ3v) is 5.16. The number of aryl methyl sites for hydroxylation is 1. The zero-order valence-corrected chi connectivity index (χ0v) is 19.3. The lowest BCUT2D eigenvalue weighted by molar-refractivity contribution is 0.0357. The molecule has 0 unspecified atom stereocenters. The number of rotatable bonds is 12. The second-order valence-corrected chi connectivity index (χ2v) is 7.74. The van der Waals surface area contributed by atoms with E-state index in [-0.39, 0.29) is 0 Å². The average molecular weight is 440 g/mol. The molecule has 0 aliphatic carbocycles. The first-order chi connectivity index (χ1) is 15.5. The van der Waals surface area contributed by atoms with Gasteiger partial charge in [-0.25, -0.2) is 4.68 Å². The van der Waals surface area contributed by atoms with E-state index in [9.17, 15) is 5.11 Å². The van der Waals surface area contributed by atoms with Gasteiger partial charge in [-0.05, 0) is 37.2 Å². The maximum absolute atomic E-state index is 10.3. The molecule has 0 saturated carbocycles. The van der Waals surface area contributed by atoms with Gasteiger partial charge in [-0.3, -0.25) is 4.90 Å². The van der Waals surface area contributed by atoms with Crippen LogP contribution in [0.15, 0.2) is 54.6 Å². The van der Waals surface area contributed by atoms with Gasteiger partial charge in [-0.1, -0.05) is 37.3 Å². The number of benzene rings is 2. The summed E-state index contributed by atoms with van der Waals surface area (Å²) in [6, 6.07) is 17.6. The van der Waals surface area contributed by atoms with Gasteiger partial charge in [0.05, 0.1) is 25.4 Å². The molecule has 0 bridgehead atoms. The summed E-state index contributed by atoms with van der Waals surface area (Å²) in [6.45, 7) is 4.37. The molecular formula is C25H33N3O4. The highest BCUT2D eigenvalue weighted by Gasteiger charge is 2.23. The fourth-order valence-electron chi connectivity index (χ4n) is 3.72. The summed E-state index contributed by atoms with van der Waals surface area (Å²) in [6.07, 6.45) is 0.407. The Balaban J connectivity index is 1.97. The Bertz CT molecular complexity index is 957. The van der Waals surface area contributed by atoms with Crippen LogP contribution in [-0.2, 0) is 18.3 Å². The van der Waals surface area contributed by atoms with Crippen molar-refractivity contribution in [2.75, 3.05) is 33.9 Å². The van der Waals surface area contributed by atoms with E-state index in [0.29, 0.717) is 31.3 Å². The smallest absolute Gasteiger partial charge is 0.222 e. The van der Waals surface area contributed by atoms with Crippen LogP contribution in [0, 0.1) is 0 Å². The van der Waals surface area contributed by atoms with Crippen molar-refractivity contribution in [3.8, 4) is 28.6 Å². The molecule has 0 radical (unpaired) electrons. The highest BCUT2D eigenvalue weighted by atomic mass is 16.5. The molecule has 3 rings (SSSR count). The predicted octanol–water partition coefficient (Wildman–Crippen LogP) is 4.11. The van der Waals surface area contributed by atoms with Crippen LogP contribution in [0.2, 0.25) is 0 Å². The third kappa shape index (κ3) is 6.09. The van der Waals surface area contributed by atoms with E-state index in [1.807, 2.05) is 61.6 Å². The minimum absolute atomic E-state index is 0.300. The zero-order valence-electron chi connectivity index (χ0n) is 19.3. The normalized spacial score (nSPS) is 12.2. The molecule has 1 atom stereocenters. The molecule has 0 aliphatic heterocycles. The number of aromatic nitrogens is 2. The number of ether oxygens (including phenoxy) is 3. The lowest BCUT2D eigenvalue weighted by atomic mass is 10.1. The molecule has 1 N–H and O–H groups in total. The molecule has 7 nitrogen and oxygen atoms in total. The van der Waals surface area contributed by atoms with E-state index in [1.165, 1.54) is 0 Å². The highest BCUT2D eigenvalue weighted by Crippen LogP contribution is 2.34. The van der Waals surface area contributed by atoms with Crippen LogP contribution >= 0.6 is 0 Å². The molecule has 1 heterocycles. The van der Waals surface area contributed by atoms with E-state index < -0.39 is 6.10 Å². The molecular weight excluding hydrogens is 406 g/mol. The molecule has 32 heavy (non-hydrogen) atoms. The SMILES string of the molecule is CCCN(Cc1c(-c2ccccc2)nn(C)c1Oc1ccc(OC)cc1)C[C@@H](O)COC. The second-order valence-electron chi connectivity index (χ2n) is 7.74. The van der Waals surface area contributed by atoms with Gasteiger partial charge in [0.25, 0.3) is 0 Å². The Morgan fingerprint density at radius 3 is 2.34 bits per heavy atom. The van der Waals surface area contributed by atoms with Gasteiger partial charge in [0.15, 0.2) is 0 Å². The summed E-state index contributed by atoms with van der Waals surface area (Å²) in [5, 5.41) is 15.1. The van der Waals surface area contributed by atoms with E-state index in [1.54, 1.807) is 18.9 Å². The lowest BCUT2D eigenvalue weighted by Gasteiger charge is -2.25. The van der Waals surface area contributed by atoms with Crippen molar-refractivity contribution in [1.82, 2.24) is 14.7 Å². The van der Waals surface area contributed by atoms with Crippen molar-refractivity contribution in [1.29, 1.82) is 0 Å². The quantitative estimate of drug-likeness (QED) is 0.458. The summed E-state index contributed by atoms with van der Waals surface area (Å²) in [7, 11) is 5.13. The van der Waals surface area contributed by atoms with Crippen LogP contribution in [0.4, 0.5) is 0 Å². The minimum Gasteiger partial charge on any atom is -0.497 e. The Hall–Kier alpha value is -2.87. The molecule has 7 heteroatoms. The number of hydrogen-bond acceptors (Lipinski definition) is 6. The lowest BCUT2D eigenvalue weighted by Crippen LogP contribution is -2.35. The molecule has 1 aromatic heterocycles. The van der Waals surface area contributed by atoms with Gasteiger partial charge < -0.3 is 19.3 Å². The van der Waals surface area contributed by atoms with Gasteiger partial charge in [0, 0.05) is 32.8 Å².